The maximum Gasteiger partial charge on any atom is 0.358 e. The van der Waals surface area contributed by atoms with Crippen LogP contribution in [0, 0.1) is 16.2 Å². The zero-order valence-electron chi connectivity index (χ0n) is 32.1. The molecule has 10 nitrogen and oxygen atoms in total. The minimum atomic E-state index is -0.742. The minimum absolute atomic E-state index is 0.00388. The van der Waals surface area contributed by atoms with Crippen molar-refractivity contribution in [2.45, 2.75) is 112 Å². The Morgan fingerprint density at radius 2 is 1.76 bits per heavy atom. The van der Waals surface area contributed by atoms with Gasteiger partial charge in [-0.1, -0.05) is 39.8 Å². The van der Waals surface area contributed by atoms with Gasteiger partial charge in [0.1, 0.15) is 11.4 Å². The molecule has 2 aliphatic carbocycles. The average Bonchev–Trinajstić information content (AvgIpc) is 3.03. The number of rotatable bonds is 10. The van der Waals surface area contributed by atoms with Crippen molar-refractivity contribution in [1.82, 2.24) is 4.98 Å². The number of ether oxygens (including phenoxy) is 3. The number of nitrogens with two attached hydrogens (primary N) is 1. The summed E-state index contributed by atoms with van der Waals surface area (Å²) in [6, 6.07) is 9.45. The predicted octanol–water partition coefficient (Wildman–Crippen LogP) is 6.91. The van der Waals surface area contributed by atoms with Crippen LogP contribution in [0.3, 0.4) is 0 Å². The molecule has 278 valence electrons. The van der Waals surface area contributed by atoms with E-state index in [4.69, 9.17) is 29.9 Å². The molecule has 0 amide bonds. The molecule has 1 aromatic heterocycles. The first-order chi connectivity index (χ1) is 23.8. The number of methoxy groups -OCH3 is 1. The molecule has 2 aromatic rings. The second-order valence-electron chi connectivity index (χ2n) is 17.6. The SMILES string of the molecule is COC(=O)c1cccc2c1CN(c1ccc(/C(=C/N)C(C)=NCC3(C)CC4(C)CC(C)(C)CC(OCCO)(C3)C4)c(C(=O)OC(C)(C)C)n1)CC2. The van der Waals surface area contributed by atoms with Gasteiger partial charge in [-0.2, -0.15) is 0 Å². The highest BCUT2D eigenvalue weighted by atomic mass is 16.6. The molecule has 5 rings (SSSR count). The number of pyridine rings is 1. The van der Waals surface area contributed by atoms with Gasteiger partial charge in [-0.05, 0) is 112 Å². The number of aromatic nitrogens is 1. The molecule has 2 fully saturated rings. The van der Waals surface area contributed by atoms with Gasteiger partial charge in [-0.15, -0.1) is 0 Å². The van der Waals surface area contributed by atoms with Crippen molar-refractivity contribution in [3.05, 3.63) is 64.5 Å². The Bertz CT molecular complexity index is 1710. The first kappa shape index (κ1) is 38.5. The smallest absolute Gasteiger partial charge is 0.358 e. The van der Waals surface area contributed by atoms with Crippen molar-refractivity contribution in [1.29, 1.82) is 0 Å². The molecule has 1 aromatic carbocycles. The molecule has 2 heterocycles. The zero-order chi connectivity index (χ0) is 37.4. The number of anilines is 1. The van der Waals surface area contributed by atoms with E-state index in [0.29, 0.717) is 60.9 Å². The number of aliphatic hydroxyl groups is 1. The molecule has 0 spiro atoms. The molecule has 51 heavy (non-hydrogen) atoms. The van der Waals surface area contributed by atoms with Crippen molar-refractivity contribution in [2.75, 3.05) is 38.3 Å². The first-order valence-electron chi connectivity index (χ1n) is 18.2. The van der Waals surface area contributed by atoms with Gasteiger partial charge in [0.15, 0.2) is 5.69 Å². The number of fused-ring (bicyclic) bond motifs is 3. The molecule has 0 saturated heterocycles. The van der Waals surface area contributed by atoms with Gasteiger partial charge in [-0.25, -0.2) is 14.6 Å². The summed E-state index contributed by atoms with van der Waals surface area (Å²) < 4.78 is 17.4. The van der Waals surface area contributed by atoms with Gasteiger partial charge in [0.2, 0.25) is 0 Å². The van der Waals surface area contributed by atoms with Crippen LogP contribution in [-0.4, -0.2) is 72.4 Å². The number of nitrogens with zero attached hydrogens (tertiary/aromatic N) is 3. The lowest BCUT2D eigenvalue weighted by molar-refractivity contribution is -0.192. The fourth-order valence-corrected chi connectivity index (χ4v) is 9.84. The number of allylic oxidation sites excluding steroid dienone is 1. The van der Waals surface area contributed by atoms with Crippen LogP contribution in [0.1, 0.15) is 125 Å². The number of aliphatic hydroxyl groups excluding tert-OH is 1. The number of hydrogen-bond acceptors (Lipinski definition) is 10. The van der Waals surface area contributed by atoms with E-state index in [1.54, 1.807) is 6.07 Å². The van der Waals surface area contributed by atoms with Crippen LogP contribution in [0.2, 0.25) is 0 Å². The van der Waals surface area contributed by atoms with Crippen LogP contribution >= 0.6 is 0 Å². The molecule has 3 aliphatic rings. The standard InChI is InChI=1S/C41H58N4O6/c1-27(43-26-40(8)23-39(7)21-38(5,6)22-41(24-39,25-40)50-18-17-46)31(19-42)29-13-14-33(44-34(29)36(48)51-37(2,3)4)45-16-15-28-11-10-12-30(32(28)20-45)35(47)49-9/h10-14,19,46H,15-18,20-26,42H2,1-9H3/b31-19+,43-27?. The predicted molar refractivity (Wildman–Crippen MR) is 201 cm³/mol. The lowest BCUT2D eigenvalue weighted by atomic mass is 9.48. The third-order valence-corrected chi connectivity index (χ3v) is 10.6. The lowest BCUT2D eigenvalue weighted by Crippen LogP contribution is -2.57. The van der Waals surface area contributed by atoms with E-state index in [-0.39, 0.29) is 40.1 Å². The molecule has 3 atom stereocenters. The van der Waals surface area contributed by atoms with E-state index in [2.05, 4.69) is 32.6 Å². The third-order valence-electron chi connectivity index (χ3n) is 10.6. The Balaban J connectivity index is 1.46. The van der Waals surface area contributed by atoms with Crippen molar-refractivity contribution in [3.8, 4) is 0 Å². The normalized spacial score (nSPS) is 26.4. The van der Waals surface area contributed by atoms with Gasteiger partial charge in [0.05, 0.1) is 31.5 Å². The maximum atomic E-state index is 13.8. The van der Waals surface area contributed by atoms with E-state index in [1.807, 2.05) is 52.0 Å². The van der Waals surface area contributed by atoms with Crippen LogP contribution in [0.4, 0.5) is 5.82 Å². The van der Waals surface area contributed by atoms with Crippen LogP contribution in [-0.2, 0) is 27.2 Å². The molecule has 3 N–H and O–H groups in total. The maximum absolute atomic E-state index is 13.8. The van der Waals surface area contributed by atoms with E-state index in [0.717, 1.165) is 43.2 Å². The van der Waals surface area contributed by atoms with Crippen molar-refractivity contribution < 1.29 is 28.9 Å². The number of carbonyl (C=O) groups is 2. The van der Waals surface area contributed by atoms with Crippen molar-refractivity contribution >= 4 is 29.0 Å². The number of carbonyl (C=O) groups excluding carboxylic acids is 2. The summed E-state index contributed by atoms with van der Waals surface area (Å²) in [6.45, 7) is 18.8. The highest BCUT2D eigenvalue weighted by Crippen LogP contribution is 2.63. The Kier molecular flexibility index (Phi) is 10.8. The molecular formula is C41H58N4O6. The second kappa shape index (κ2) is 14.3. The van der Waals surface area contributed by atoms with Crippen LogP contribution < -0.4 is 10.6 Å². The highest BCUT2D eigenvalue weighted by Gasteiger charge is 2.57. The van der Waals surface area contributed by atoms with Gasteiger partial charge in [0.25, 0.3) is 0 Å². The van der Waals surface area contributed by atoms with Crippen LogP contribution in [0.5, 0.6) is 0 Å². The quantitative estimate of drug-likeness (QED) is 0.200. The second-order valence-corrected chi connectivity index (χ2v) is 17.6. The Hall–Kier alpha value is -3.76. The van der Waals surface area contributed by atoms with E-state index >= 15 is 0 Å². The fourth-order valence-electron chi connectivity index (χ4n) is 9.84. The summed E-state index contributed by atoms with van der Waals surface area (Å²) in [5.41, 5.74) is 9.92. The topological polar surface area (TPSA) is 137 Å². The third kappa shape index (κ3) is 8.66. The number of hydrogen-bond donors (Lipinski definition) is 2. The summed E-state index contributed by atoms with van der Waals surface area (Å²) in [5.74, 6) is -0.332. The Morgan fingerprint density at radius 3 is 2.43 bits per heavy atom. The number of esters is 2. The summed E-state index contributed by atoms with van der Waals surface area (Å²) >= 11 is 0. The zero-order valence-corrected chi connectivity index (χ0v) is 32.1. The van der Waals surface area contributed by atoms with E-state index in [1.165, 1.54) is 13.3 Å². The van der Waals surface area contributed by atoms with Crippen LogP contribution in [0.15, 0.2) is 41.5 Å². The monoisotopic (exact) mass is 702 g/mol. The van der Waals surface area contributed by atoms with Crippen molar-refractivity contribution in [3.63, 3.8) is 0 Å². The Morgan fingerprint density at radius 1 is 1.02 bits per heavy atom. The van der Waals surface area contributed by atoms with E-state index < -0.39 is 11.6 Å². The van der Waals surface area contributed by atoms with Gasteiger partial charge in [-0.3, -0.25) is 4.99 Å². The summed E-state index contributed by atoms with van der Waals surface area (Å²) in [6.07, 6.45) is 7.13. The largest absolute Gasteiger partial charge is 0.465 e. The molecule has 0 radical (unpaired) electrons. The highest BCUT2D eigenvalue weighted by molar-refractivity contribution is 6.24. The minimum Gasteiger partial charge on any atom is -0.465 e. The molecule has 3 unspecified atom stereocenters. The van der Waals surface area contributed by atoms with Gasteiger partial charge in [0, 0.05) is 42.7 Å². The molecular weight excluding hydrogens is 644 g/mol. The first-order valence-corrected chi connectivity index (χ1v) is 18.2. The Labute approximate surface area is 303 Å². The number of aliphatic imine (C=N–C) groups is 1. The summed E-state index contributed by atoms with van der Waals surface area (Å²) in [7, 11) is 1.38. The van der Waals surface area contributed by atoms with Crippen molar-refractivity contribution in [2.24, 2.45) is 27.0 Å². The fraction of sp³-hybridized carbons (Fsp3) is 0.610. The molecule has 1 aliphatic heterocycles. The van der Waals surface area contributed by atoms with Gasteiger partial charge < -0.3 is 30.0 Å². The number of benzene rings is 1. The van der Waals surface area contributed by atoms with E-state index in [9.17, 15) is 14.7 Å². The van der Waals surface area contributed by atoms with Gasteiger partial charge >= 0.3 is 11.9 Å². The lowest BCUT2D eigenvalue weighted by Gasteiger charge is -2.61. The molecule has 2 saturated carbocycles. The summed E-state index contributed by atoms with van der Waals surface area (Å²) in [5, 5.41) is 9.66. The average molecular weight is 703 g/mol. The molecule has 2 bridgehead atoms. The molecule has 10 heteroatoms. The van der Waals surface area contributed by atoms with Crippen LogP contribution in [0.25, 0.3) is 5.57 Å². The summed E-state index contributed by atoms with van der Waals surface area (Å²) in [4.78, 5) is 38.5.